The van der Waals surface area contributed by atoms with E-state index < -0.39 is 0 Å². The summed E-state index contributed by atoms with van der Waals surface area (Å²) in [6.07, 6.45) is 3.50. The van der Waals surface area contributed by atoms with Crippen molar-refractivity contribution in [3.05, 3.63) is 35.4 Å². The number of hydrogen-bond acceptors (Lipinski definition) is 0. The number of rotatable bonds is 5. The molecule has 1 unspecified atom stereocenters. The summed E-state index contributed by atoms with van der Waals surface area (Å²) in [7, 11) is 0. The van der Waals surface area contributed by atoms with Crippen molar-refractivity contribution in [1.29, 1.82) is 0 Å². The van der Waals surface area contributed by atoms with Crippen molar-refractivity contribution in [2.75, 3.05) is 5.88 Å². The number of alkyl halides is 1. The lowest BCUT2D eigenvalue weighted by molar-refractivity contribution is 0.334. The first-order valence-corrected chi connectivity index (χ1v) is 6.25. The van der Waals surface area contributed by atoms with Gasteiger partial charge in [0.2, 0.25) is 0 Å². The van der Waals surface area contributed by atoms with Gasteiger partial charge in [0.1, 0.15) is 0 Å². The van der Waals surface area contributed by atoms with Gasteiger partial charge in [-0.1, -0.05) is 44.5 Å². The van der Waals surface area contributed by atoms with Crippen LogP contribution in [-0.4, -0.2) is 5.88 Å². The molecule has 1 aromatic carbocycles. The maximum Gasteiger partial charge on any atom is 0.0280 e. The summed E-state index contributed by atoms with van der Waals surface area (Å²) in [5.74, 6) is 0.745. The van der Waals surface area contributed by atoms with Crippen LogP contribution in [0, 0.1) is 12.3 Å². The first-order valence-electron chi connectivity index (χ1n) is 5.72. The van der Waals surface area contributed by atoms with Crippen LogP contribution in [0.25, 0.3) is 0 Å². The van der Waals surface area contributed by atoms with E-state index in [0.29, 0.717) is 0 Å². The zero-order valence-electron chi connectivity index (χ0n) is 10.0. The molecule has 0 saturated heterocycles. The molecule has 0 aliphatic heterocycles. The number of benzene rings is 1. The van der Waals surface area contributed by atoms with Crippen molar-refractivity contribution in [2.24, 2.45) is 5.41 Å². The van der Waals surface area contributed by atoms with Crippen LogP contribution < -0.4 is 0 Å². The van der Waals surface area contributed by atoms with Crippen LogP contribution in [0.4, 0.5) is 0 Å². The topological polar surface area (TPSA) is 0 Å². The molecule has 0 amide bonds. The van der Waals surface area contributed by atoms with Crippen LogP contribution in [0.5, 0.6) is 0 Å². The summed E-state index contributed by atoms with van der Waals surface area (Å²) in [5.41, 5.74) is 3.07. The molecule has 0 aliphatic rings. The molecule has 1 rings (SSSR count). The molecule has 0 saturated carbocycles. The Morgan fingerprint density at radius 1 is 1.27 bits per heavy atom. The lowest BCUT2D eigenvalue weighted by Gasteiger charge is -2.27. The van der Waals surface area contributed by atoms with Crippen LogP contribution >= 0.6 is 11.6 Å². The third-order valence-corrected chi connectivity index (χ3v) is 3.70. The lowest BCUT2D eigenvalue weighted by atomic mass is 9.80. The number of aryl methyl sites for hydroxylation is 1. The Labute approximate surface area is 98.7 Å². The molecule has 15 heavy (non-hydrogen) atoms. The van der Waals surface area contributed by atoms with Gasteiger partial charge in [-0.05, 0) is 36.3 Å². The molecule has 0 fully saturated rings. The van der Waals surface area contributed by atoms with Gasteiger partial charge >= 0.3 is 0 Å². The van der Waals surface area contributed by atoms with Gasteiger partial charge in [-0.25, -0.2) is 0 Å². The SMILES string of the molecule is CCCC(C)(CCl)Cc1ccccc1C. The average molecular weight is 225 g/mol. The third-order valence-electron chi connectivity index (χ3n) is 3.05. The zero-order valence-corrected chi connectivity index (χ0v) is 10.8. The minimum Gasteiger partial charge on any atom is -0.126 e. The Balaban J connectivity index is 2.79. The second kappa shape index (κ2) is 5.55. The van der Waals surface area contributed by atoms with Crippen molar-refractivity contribution in [3.63, 3.8) is 0 Å². The molecule has 1 aromatic rings. The summed E-state index contributed by atoms with van der Waals surface area (Å²) in [5, 5.41) is 0. The summed E-state index contributed by atoms with van der Waals surface area (Å²) in [4.78, 5) is 0. The van der Waals surface area contributed by atoms with Crippen molar-refractivity contribution in [1.82, 2.24) is 0 Å². The van der Waals surface area contributed by atoms with Gasteiger partial charge in [0.25, 0.3) is 0 Å². The molecule has 0 aromatic heterocycles. The van der Waals surface area contributed by atoms with Crippen molar-refractivity contribution in [2.45, 2.75) is 40.0 Å². The summed E-state index contributed by atoms with van der Waals surface area (Å²) in [6, 6.07) is 8.60. The van der Waals surface area contributed by atoms with Gasteiger partial charge in [-0.3, -0.25) is 0 Å². The fourth-order valence-corrected chi connectivity index (χ4v) is 2.30. The molecule has 0 spiro atoms. The van der Waals surface area contributed by atoms with Gasteiger partial charge in [0.15, 0.2) is 0 Å². The maximum atomic E-state index is 6.09. The van der Waals surface area contributed by atoms with E-state index in [1.165, 1.54) is 24.0 Å². The van der Waals surface area contributed by atoms with E-state index in [0.717, 1.165) is 12.3 Å². The standard InChI is InChI=1S/C14H21Cl/c1-4-9-14(3,11-15)10-13-8-6-5-7-12(13)2/h5-8H,4,9-11H2,1-3H3. The highest BCUT2D eigenvalue weighted by Gasteiger charge is 2.23. The van der Waals surface area contributed by atoms with Gasteiger partial charge < -0.3 is 0 Å². The minimum absolute atomic E-state index is 0.252. The fourth-order valence-electron chi connectivity index (χ4n) is 2.07. The monoisotopic (exact) mass is 224 g/mol. The summed E-state index contributed by atoms with van der Waals surface area (Å²) < 4.78 is 0. The predicted octanol–water partition coefficient (Wildman–Crippen LogP) is 4.58. The van der Waals surface area contributed by atoms with Crippen LogP contribution in [0.3, 0.4) is 0 Å². The second-order valence-corrected chi connectivity index (χ2v) is 5.06. The molecular formula is C14H21Cl. The van der Waals surface area contributed by atoms with Crippen molar-refractivity contribution < 1.29 is 0 Å². The van der Waals surface area contributed by atoms with Gasteiger partial charge in [0.05, 0.1) is 0 Å². The summed E-state index contributed by atoms with van der Waals surface area (Å²) in [6.45, 7) is 6.69. The van der Waals surface area contributed by atoms with E-state index in [2.05, 4.69) is 45.0 Å². The maximum absolute atomic E-state index is 6.09. The molecular weight excluding hydrogens is 204 g/mol. The van der Waals surface area contributed by atoms with E-state index in [9.17, 15) is 0 Å². The number of hydrogen-bond donors (Lipinski definition) is 0. The number of halogens is 1. The minimum atomic E-state index is 0.252. The molecule has 0 radical (unpaired) electrons. The van der Waals surface area contributed by atoms with E-state index in [1.807, 2.05) is 0 Å². The molecule has 84 valence electrons. The highest BCUT2D eigenvalue weighted by Crippen LogP contribution is 2.30. The molecule has 0 nitrogen and oxygen atoms in total. The highest BCUT2D eigenvalue weighted by atomic mass is 35.5. The average Bonchev–Trinajstić information content (AvgIpc) is 2.22. The predicted molar refractivity (Wildman–Crippen MR) is 68.6 cm³/mol. The third kappa shape index (κ3) is 3.53. The van der Waals surface area contributed by atoms with E-state index in [1.54, 1.807) is 0 Å². The van der Waals surface area contributed by atoms with E-state index >= 15 is 0 Å². The zero-order chi connectivity index (χ0) is 11.3. The lowest BCUT2D eigenvalue weighted by Crippen LogP contribution is -2.21. The normalized spacial score (nSPS) is 14.9. The Morgan fingerprint density at radius 2 is 1.93 bits per heavy atom. The van der Waals surface area contributed by atoms with Gasteiger partial charge in [0, 0.05) is 5.88 Å². The van der Waals surface area contributed by atoms with E-state index in [4.69, 9.17) is 11.6 Å². The van der Waals surface area contributed by atoms with Gasteiger partial charge in [-0.15, -0.1) is 11.6 Å². The second-order valence-electron chi connectivity index (χ2n) is 4.80. The van der Waals surface area contributed by atoms with Crippen LogP contribution in [0.15, 0.2) is 24.3 Å². The van der Waals surface area contributed by atoms with Crippen LogP contribution in [0.2, 0.25) is 0 Å². The van der Waals surface area contributed by atoms with E-state index in [-0.39, 0.29) is 5.41 Å². The molecule has 0 heterocycles. The van der Waals surface area contributed by atoms with Crippen molar-refractivity contribution in [3.8, 4) is 0 Å². The fraction of sp³-hybridized carbons (Fsp3) is 0.571. The molecule has 1 heteroatoms. The Hall–Kier alpha value is -0.490. The molecule has 0 N–H and O–H groups in total. The largest absolute Gasteiger partial charge is 0.126 e. The van der Waals surface area contributed by atoms with Gasteiger partial charge in [-0.2, -0.15) is 0 Å². The Kier molecular flexibility index (Phi) is 4.66. The first-order chi connectivity index (χ1) is 7.11. The molecule has 1 atom stereocenters. The highest BCUT2D eigenvalue weighted by molar-refractivity contribution is 6.18. The molecule has 0 aliphatic carbocycles. The quantitative estimate of drug-likeness (QED) is 0.643. The Morgan fingerprint density at radius 3 is 2.47 bits per heavy atom. The van der Waals surface area contributed by atoms with Crippen LogP contribution in [-0.2, 0) is 6.42 Å². The first kappa shape index (κ1) is 12.6. The Bertz CT molecular complexity index is 306. The van der Waals surface area contributed by atoms with Crippen molar-refractivity contribution >= 4 is 11.6 Å². The smallest absolute Gasteiger partial charge is 0.0280 e. The van der Waals surface area contributed by atoms with Crippen LogP contribution in [0.1, 0.15) is 37.8 Å². The summed E-state index contributed by atoms with van der Waals surface area (Å²) >= 11 is 6.09. The molecule has 0 bridgehead atoms.